The summed E-state index contributed by atoms with van der Waals surface area (Å²) in [7, 11) is 0. The van der Waals surface area contributed by atoms with Crippen LogP contribution in [0.4, 0.5) is 0 Å². The highest BCUT2D eigenvalue weighted by Gasteiger charge is 2.02. The molecule has 3 nitrogen and oxygen atoms in total. The standard InChI is InChI=1S/C14H18BrN3/c1-3-4-16-8-13-9-18(10-17-13)14-6-11(2)5-12(15)7-14/h5-7,9-10,16H,3-4,8H2,1-2H3. The number of hydrogen-bond acceptors (Lipinski definition) is 2. The number of halogens is 1. The van der Waals surface area contributed by atoms with Gasteiger partial charge in [0, 0.05) is 22.9 Å². The highest BCUT2D eigenvalue weighted by molar-refractivity contribution is 9.10. The van der Waals surface area contributed by atoms with Crippen molar-refractivity contribution in [2.75, 3.05) is 6.54 Å². The van der Waals surface area contributed by atoms with Crippen LogP contribution in [0, 0.1) is 6.92 Å². The molecule has 0 amide bonds. The fourth-order valence-electron chi connectivity index (χ4n) is 1.86. The van der Waals surface area contributed by atoms with Gasteiger partial charge in [-0.2, -0.15) is 0 Å². The fraction of sp³-hybridized carbons (Fsp3) is 0.357. The van der Waals surface area contributed by atoms with Crippen LogP contribution in [0.2, 0.25) is 0 Å². The largest absolute Gasteiger partial charge is 0.311 e. The predicted molar refractivity (Wildman–Crippen MR) is 78.0 cm³/mol. The Morgan fingerprint density at radius 2 is 2.17 bits per heavy atom. The van der Waals surface area contributed by atoms with Crippen molar-refractivity contribution >= 4 is 15.9 Å². The molecule has 18 heavy (non-hydrogen) atoms. The molecule has 1 N–H and O–H groups in total. The van der Waals surface area contributed by atoms with Crippen LogP contribution >= 0.6 is 15.9 Å². The quantitative estimate of drug-likeness (QED) is 0.858. The summed E-state index contributed by atoms with van der Waals surface area (Å²) >= 11 is 3.52. The molecule has 1 aromatic carbocycles. The zero-order valence-electron chi connectivity index (χ0n) is 10.8. The van der Waals surface area contributed by atoms with Gasteiger partial charge in [0.15, 0.2) is 0 Å². The zero-order valence-corrected chi connectivity index (χ0v) is 12.4. The monoisotopic (exact) mass is 307 g/mol. The van der Waals surface area contributed by atoms with Crippen LogP contribution < -0.4 is 5.32 Å². The van der Waals surface area contributed by atoms with E-state index >= 15 is 0 Å². The van der Waals surface area contributed by atoms with Gasteiger partial charge in [-0.25, -0.2) is 4.98 Å². The Bertz CT molecular complexity index is 499. The first-order chi connectivity index (χ1) is 8.69. The lowest BCUT2D eigenvalue weighted by atomic mass is 10.2. The number of rotatable bonds is 5. The zero-order chi connectivity index (χ0) is 13.0. The molecule has 0 radical (unpaired) electrons. The third kappa shape index (κ3) is 3.43. The van der Waals surface area contributed by atoms with Crippen molar-refractivity contribution in [1.29, 1.82) is 0 Å². The van der Waals surface area contributed by atoms with E-state index in [1.807, 2.05) is 6.33 Å². The molecular weight excluding hydrogens is 290 g/mol. The number of imidazole rings is 1. The molecule has 0 bridgehead atoms. The molecule has 0 unspecified atom stereocenters. The summed E-state index contributed by atoms with van der Waals surface area (Å²) in [6.45, 7) is 6.11. The lowest BCUT2D eigenvalue weighted by molar-refractivity contribution is 0.666. The molecule has 1 heterocycles. The van der Waals surface area contributed by atoms with E-state index < -0.39 is 0 Å². The number of aromatic nitrogens is 2. The second-order valence-corrected chi connectivity index (χ2v) is 5.35. The van der Waals surface area contributed by atoms with Crippen molar-refractivity contribution < 1.29 is 0 Å². The third-order valence-corrected chi connectivity index (χ3v) is 3.15. The number of nitrogens with zero attached hydrogens (tertiary/aromatic N) is 2. The van der Waals surface area contributed by atoms with Gasteiger partial charge in [0.1, 0.15) is 0 Å². The van der Waals surface area contributed by atoms with Gasteiger partial charge in [0.05, 0.1) is 12.0 Å². The van der Waals surface area contributed by atoms with E-state index in [0.717, 1.165) is 35.4 Å². The molecule has 0 fully saturated rings. The number of nitrogens with one attached hydrogen (secondary N) is 1. The highest BCUT2D eigenvalue weighted by atomic mass is 79.9. The molecule has 2 rings (SSSR count). The average molecular weight is 308 g/mol. The molecule has 0 aliphatic carbocycles. The van der Waals surface area contributed by atoms with Crippen LogP contribution in [-0.4, -0.2) is 16.1 Å². The maximum atomic E-state index is 4.41. The Morgan fingerprint density at radius 3 is 2.89 bits per heavy atom. The van der Waals surface area contributed by atoms with Gasteiger partial charge in [-0.1, -0.05) is 22.9 Å². The summed E-state index contributed by atoms with van der Waals surface area (Å²) in [5.74, 6) is 0. The van der Waals surface area contributed by atoms with Crippen LogP contribution in [0.5, 0.6) is 0 Å². The molecule has 0 aliphatic rings. The van der Waals surface area contributed by atoms with E-state index in [1.165, 1.54) is 5.56 Å². The van der Waals surface area contributed by atoms with Crippen molar-refractivity contribution in [2.45, 2.75) is 26.8 Å². The van der Waals surface area contributed by atoms with Gasteiger partial charge in [-0.15, -0.1) is 0 Å². The molecule has 0 saturated heterocycles. The molecular formula is C14H18BrN3. The summed E-state index contributed by atoms with van der Waals surface area (Å²) in [4.78, 5) is 4.41. The van der Waals surface area contributed by atoms with Crippen LogP contribution in [0.25, 0.3) is 5.69 Å². The fourth-order valence-corrected chi connectivity index (χ4v) is 2.45. The molecule has 0 aliphatic heterocycles. The highest BCUT2D eigenvalue weighted by Crippen LogP contribution is 2.18. The second kappa shape index (κ2) is 6.16. The minimum absolute atomic E-state index is 0.827. The normalized spacial score (nSPS) is 10.8. The van der Waals surface area contributed by atoms with Gasteiger partial charge in [-0.05, 0) is 43.7 Å². The van der Waals surface area contributed by atoms with Gasteiger partial charge in [0.2, 0.25) is 0 Å². The first kappa shape index (κ1) is 13.3. The average Bonchev–Trinajstić information content (AvgIpc) is 2.77. The minimum Gasteiger partial charge on any atom is -0.311 e. The summed E-state index contributed by atoms with van der Waals surface area (Å²) in [5, 5.41) is 3.35. The van der Waals surface area contributed by atoms with Crippen molar-refractivity contribution in [3.05, 3.63) is 46.5 Å². The Balaban J connectivity index is 2.13. The third-order valence-electron chi connectivity index (χ3n) is 2.69. The number of benzene rings is 1. The first-order valence-electron chi connectivity index (χ1n) is 6.20. The molecule has 2 aromatic rings. The van der Waals surface area contributed by atoms with Crippen LogP contribution in [0.1, 0.15) is 24.6 Å². The SMILES string of the molecule is CCCNCc1cn(-c2cc(C)cc(Br)c2)cn1. The topological polar surface area (TPSA) is 29.9 Å². The molecule has 0 saturated carbocycles. The summed E-state index contributed by atoms with van der Waals surface area (Å²) < 4.78 is 3.15. The van der Waals surface area contributed by atoms with Gasteiger partial charge >= 0.3 is 0 Å². The lowest BCUT2D eigenvalue weighted by Crippen LogP contribution is -2.13. The molecule has 4 heteroatoms. The maximum absolute atomic E-state index is 4.41. The van der Waals surface area contributed by atoms with Crippen molar-refractivity contribution in [1.82, 2.24) is 14.9 Å². The summed E-state index contributed by atoms with van der Waals surface area (Å²) in [6.07, 6.45) is 5.08. The lowest BCUT2D eigenvalue weighted by Gasteiger charge is -2.04. The second-order valence-electron chi connectivity index (χ2n) is 4.44. The van der Waals surface area contributed by atoms with E-state index in [2.05, 4.69) is 69.0 Å². The van der Waals surface area contributed by atoms with Crippen molar-refractivity contribution in [3.8, 4) is 5.69 Å². The van der Waals surface area contributed by atoms with E-state index in [-0.39, 0.29) is 0 Å². The summed E-state index contributed by atoms with van der Waals surface area (Å²) in [6, 6.07) is 6.35. The van der Waals surface area contributed by atoms with Gasteiger partial charge in [-0.3, -0.25) is 0 Å². The number of hydrogen-bond donors (Lipinski definition) is 1. The predicted octanol–water partition coefficient (Wildman–Crippen LogP) is 3.44. The van der Waals surface area contributed by atoms with Crippen molar-refractivity contribution in [2.24, 2.45) is 0 Å². The van der Waals surface area contributed by atoms with Crippen LogP contribution in [0.15, 0.2) is 35.2 Å². The van der Waals surface area contributed by atoms with Gasteiger partial charge in [0.25, 0.3) is 0 Å². The Morgan fingerprint density at radius 1 is 1.33 bits per heavy atom. The van der Waals surface area contributed by atoms with Crippen molar-refractivity contribution in [3.63, 3.8) is 0 Å². The van der Waals surface area contributed by atoms with Crippen LogP contribution in [0.3, 0.4) is 0 Å². The number of aryl methyl sites for hydroxylation is 1. The van der Waals surface area contributed by atoms with E-state index in [4.69, 9.17) is 0 Å². The molecule has 0 spiro atoms. The molecule has 0 atom stereocenters. The molecule has 96 valence electrons. The van der Waals surface area contributed by atoms with E-state index in [0.29, 0.717) is 0 Å². The minimum atomic E-state index is 0.827. The van der Waals surface area contributed by atoms with E-state index in [9.17, 15) is 0 Å². The first-order valence-corrected chi connectivity index (χ1v) is 6.99. The Labute approximate surface area is 116 Å². The summed E-state index contributed by atoms with van der Waals surface area (Å²) in [5.41, 5.74) is 3.44. The molecule has 1 aromatic heterocycles. The van der Waals surface area contributed by atoms with Gasteiger partial charge < -0.3 is 9.88 Å². The van der Waals surface area contributed by atoms with E-state index in [1.54, 1.807) is 0 Å². The maximum Gasteiger partial charge on any atom is 0.0995 e. The smallest absolute Gasteiger partial charge is 0.0995 e. The van der Waals surface area contributed by atoms with Crippen LogP contribution in [-0.2, 0) is 6.54 Å². The Kier molecular flexibility index (Phi) is 4.55. The Hall–Kier alpha value is -1.13.